The number of para-hydroxylation sites is 1. The molecule has 120 valence electrons. The van der Waals surface area contributed by atoms with Crippen molar-refractivity contribution in [2.45, 2.75) is 13.3 Å². The number of benzene rings is 2. The summed E-state index contributed by atoms with van der Waals surface area (Å²) in [6, 6.07) is 13.6. The zero-order valence-corrected chi connectivity index (χ0v) is 13.4. The molecular formula is C17H17ClN2O3. The highest BCUT2D eigenvalue weighted by atomic mass is 35.5. The molecule has 23 heavy (non-hydrogen) atoms. The molecule has 6 heteroatoms. The smallest absolute Gasteiger partial charge is 0.277 e. The van der Waals surface area contributed by atoms with Gasteiger partial charge in [0.25, 0.3) is 5.91 Å². The molecule has 0 bridgehead atoms. The first-order valence-corrected chi connectivity index (χ1v) is 7.50. The maximum absolute atomic E-state index is 11.8. The Labute approximate surface area is 139 Å². The van der Waals surface area contributed by atoms with Crippen molar-refractivity contribution in [1.82, 2.24) is 5.43 Å². The average Bonchev–Trinajstić information content (AvgIpc) is 2.56. The fourth-order valence-electron chi connectivity index (χ4n) is 1.89. The number of carbonyl (C=O) groups excluding carboxylic acids is 1. The third-order valence-corrected chi connectivity index (χ3v) is 3.30. The van der Waals surface area contributed by atoms with Gasteiger partial charge in [-0.3, -0.25) is 4.79 Å². The predicted molar refractivity (Wildman–Crippen MR) is 90.0 cm³/mol. The Bertz CT molecular complexity index is 699. The van der Waals surface area contributed by atoms with Crippen molar-refractivity contribution in [1.29, 1.82) is 0 Å². The first-order valence-electron chi connectivity index (χ1n) is 7.12. The summed E-state index contributed by atoms with van der Waals surface area (Å²) in [5, 5.41) is 14.5. The molecule has 2 rings (SSSR count). The van der Waals surface area contributed by atoms with Gasteiger partial charge >= 0.3 is 0 Å². The molecule has 5 nitrogen and oxygen atoms in total. The number of hydrogen-bond acceptors (Lipinski definition) is 4. The number of rotatable bonds is 6. The summed E-state index contributed by atoms with van der Waals surface area (Å²) in [4.78, 5) is 11.8. The summed E-state index contributed by atoms with van der Waals surface area (Å²) in [7, 11) is 0. The first-order chi connectivity index (χ1) is 11.1. The SMILES string of the molecule is CC/C(=N\NC(=O)COc1ccc(Cl)cc1)c1ccccc1O. The van der Waals surface area contributed by atoms with E-state index in [4.69, 9.17) is 16.3 Å². The minimum Gasteiger partial charge on any atom is -0.507 e. The number of phenols is 1. The topological polar surface area (TPSA) is 70.9 Å². The number of carbonyl (C=O) groups is 1. The van der Waals surface area contributed by atoms with Crippen LogP contribution in [0.5, 0.6) is 11.5 Å². The lowest BCUT2D eigenvalue weighted by Gasteiger charge is -2.08. The highest BCUT2D eigenvalue weighted by Crippen LogP contribution is 2.18. The number of nitrogens with zero attached hydrogens (tertiary/aromatic N) is 1. The van der Waals surface area contributed by atoms with Crippen molar-refractivity contribution in [2.24, 2.45) is 5.10 Å². The van der Waals surface area contributed by atoms with Crippen LogP contribution in [0.15, 0.2) is 53.6 Å². The third kappa shape index (κ3) is 5.00. The lowest BCUT2D eigenvalue weighted by molar-refractivity contribution is -0.123. The molecule has 0 radical (unpaired) electrons. The van der Waals surface area contributed by atoms with Gasteiger partial charge in [0.05, 0.1) is 5.71 Å². The van der Waals surface area contributed by atoms with Crippen molar-refractivity contribution >= 4 is 23.2 Å². The van der Waals surface area contributed by atoms with Gasteiger partial charge in [-0.15, -0.1) is 0 Å². The largest absolute Gasteiger partial charge is 0.507 e. The fourth-order valence-corrected chi connectivity index (χ4v) is 2.02. The van der Waals surface area contributed by atoms with Crippen LogP contribution >= 0.6 is 11.6 Å². The predicted octanol–water partition coefficient (Wildman–Crippen LogP) is 3.35. The zero-order chi connectivity index (χ0) is 16.7. The van der Waals surface area contributed by atoms with Crippen LogP contribution < -0.4 is 10.2 Å². The molecule has 2 N–H and O–H groups in total. The molecule has 0 atom stereocenters. The Morgan fingerprint density at radius 2 is 1.91 bits per heavy atom. The molecule has 0 fully saturated rings. The van der Waals surface area contributed by atoms with Gasteiger partial charge in [-0.2, -0.15) is 5.10 Å². The molecule has 1 amide bonds. The Morgan fingerprint density at radius 3 is 2.57 bits per heavy atom. The Kier molecular flexibility index (Phi) is 6.00. The number of ether oxygens (including phenoxy) is 1. The van der Waals surface area contributed by atoms with Gasteiger partial charge in [0.15, 0.2) is 6.61 Å². The van der Waals surface area contributed by atoms with Gasteiger partial charge in [-0.05, 0) is 42.8 Å². The lowest BCUT2D eigenvalue weighted by Crippen LogP contribution is -2.26. The van der Waals surface area contributed by atoms with E-state index < -0.39 is 0 Å². The van der Waals surface area contributed by atoms with Gasteiger partial charge in [0.1, 0.15) is 11.5 Å². The highest BCUT2D eigenvalue weighted by Gasteiger charge is 2.08. The standard InChI is InChI=1S/C17H17ClN2O3/c1-2-15(14-5-3-4-6-16(14)21)19-20-17(22)11-23-13-9-7-12(18)8-10-13/h3-10,21H,2,11H2,1H3,(H,20,22)/b19-15+. The average molecular weight is 333 g/mol. The Balaban J connectivity index is 1.93. The molecule has 0 aliphatic rings. The van der Waals surface area contributed by atoms with Crippen molar-refractivity contribution in [3.05, 3.63) is 59.1 Å². The number of nitrogens with one attached hydrogen (secondary N) is 1. The second kappa shape index (κ2) is 8.19. The van der Waals surface area contributed by atoms with Crippen LogP contribution in [0.2, 0.25) is 5.02 Å². The second-order valence-corrected chi connectivity index (χ2v) is 5.14. The van der Waals surface area contributed by atoms with Gasteiger partial charge in [-0.25, -0.2) is 5.43 Å². The van der Waals surface area contributed by atoms with E-state index in [1.54, 1.807) is 48.5 Å². The van der Waals surface area contributed by atoms with Gasteiger partial charge in [0, 0.05) is 10.6 Å². The summed E-state index contributed by atoms with van der Waals surface area (Å²) >= 11 is 5.77. The molecule has 2 aromatic carbocycles. The molecule has 0 aromatic heterocycles. The van der Waals surface area contributed by atoms with E-state index in [1.807, 2.05) is 6.92 Å². The van der Waals surface area contributed by atoms with E-state index in [-0.39, 0.29) is 18.3 Å². The number of hydrogen-bond donors (Lipinski definition) is 2. The maximum atomic E-state index is 11.8. The molecule has 0 heterocycles. The summed E-state index contributed by atoms with van der Waals surface area (Å²) in [5.74, 6) is 0.283. The minimum absolute atomic E-state index is 0.125. The molecule has 0 unspecified atom stereocenters. The van der Waals surface area contributed by atoms with Crippen LogP contribution in [-0.2, 0) is 4.79 Å². The van der Waals surface area contributed by atoms with E-state index in [0.717, 1.165) is 0 Å². The summed E-state index contributed by atoms with van der Waals surface area (Å²) in [6.07, 6.45) is 0.565. The molecule has 0 saturated heterocycles. The van der Waals surface area contributed by atoms with Crippen LogP contribution in [-0.4, -0.2) is 23.3 Å². The molecule has 2 aromatic rings. The molecule has 0 aliphatic carbocycles. The zero-order valence-electron chi connectivity index (χ0n) is 12.6. The van der Waals surface area contributed by atoms with E-state index >= 15 is 0 Å². The number of hydrazone groups is 1. The van der Waals surface area contributed by atoms with Crippen LogP contribution in [0.25, 0.3) is 0 Å². The summed E-state index contributed by atoms with van der Waals surface area (Å²) < 4.78 is 5.33. The van der Waals surface area contributed by atoms with Crippen molar-refractivity contribution in [2.75, 3.05) is 6.61 Å². The minimum atomic E-state index is -0.388. The van der Waals surface area contributed by atoms with Gasteiger partial charge < -0.3 is 9.84 Å². The van der Waals surface area contributed by atoms with Crippen molar-refractivity contribution in [3.8, 4) is 11.5 Å². The van der Waals surface area contributed by atoms with Crippen LogP contribution in [0.1, 0.15) is 18.9 Å². The Hall–Kier alpha value is -2.53. The fraction of sp³-hybridized carbons (Fsp3) is 0.176. The molecule has 0 spiro atoms. The highest BCUT2D eigenvalue weighted by molar-refractivity contribution is 6.30. The molecule has 0 aliphatic heterocycles. The van der Waals surface area contributed by atoms with Gasteiger partial charge in [0.2, 0.25) is 0 Å². The second-order valence-electron chi connectivity index (χ2n) is 4.71. The molecule has 0 saturated carbocycles. The van der Waals surface area contributed by atoms with E-state index in [1.165, 1.54) is 0 Å². The van der Waals surface area contributed by atoms with E-state index in [2.05, 4.69) is 10.5 Å². The van der Waals surface area contributed by atoms with Gasteiger partial charge in [-0.1, -0.05) is 30.7 Å². The first kappa shape index (κ1) is 16.8. The normalized spacial score (nSPS) is 11.1. The third-order valence-electron chi connectivity index (χ3n) is 3.05. The summed E-state index contributed by atoms with van der Waals surface area (Å²) in [6.45, 7) is 1.73. The number of phenolic OH excluding ortho intramolecular Hbond substituents is 1. The van der Waals surface area contributed by atoms with E-state index in [0.29, 0.717) is 28.5 Å². The quantitative estimate of drug-likeness (QED) is 0.629. The number of halogens is 1. The number of aromatic hydroxyl groups is 1. The Morgan fingerprint density at radius 1 is 1.22 bits per heavy atom. The van der Waals surface area contributed by atoms with Crippen LogP contribution in [0.4, 0.5) is 0 Å². The monoisotopic (exact) mass is 332 g/mol. The molecular weight excluding hydrogens is 316 g/mol. The van der Waals surface area contributed by atoms with Crippen molar-refractivity contribution < 1.29 is 14.6 Å². The van der Waals surface area contributed by atoms with E-state index in [9.17, 15) is 9.90 Å². The summed E-state index contributed by atoms with van der Waals surface area (Å²) in [5.41, 5.74) is 3.61. The number of amides is 1. The van der Waals surface area contributed by atoms with Crippen LogP contribution in [0.3, 0.4) is 0 Å². The van der Waals surface area contributed by atoms with Crippen LogP contribution in [0, 0.1) is 0 Å². The lowest BCUT2D eigenvalue weighted by atomic mass is 10.1. The maximum Gasteiger partial charge on any atom is 0.277 e. The van der Waals surface area contributed by atoms with Crippen molar-refractivity contribution in [3.63, 3.8) is 0 Å².